The second kappa shape index (κ2) is 8.51. The number of nitrogens with zero attached hydrogens (tertiary/aromatic N) is 2. The fourth-order valence-electron chi connectivity index (χ4n) is 1.42. The van der Waals surface area contributed by atoms with E-state index in [1.807, 2.05) is 0 Å². The summed E-state index contributed by atoms with van der Waals surface area (Å²) in [6.07, 6.45) is 1.36. The van der Waals surface area contributed by atoms with Crippen molar-refractivity contribution < 1.29 is 28.8 Å². The van der Waals surface area contributed by atoms with Gasteiger partial charge < -0.3 is 25.0 Å². The van der Waals surface area contributed by atoms with Gasteiger partial charge in [0, 0.05) is 19.4 Å². The van der Waals surface area contributed by atoms with Crippen LogP contribution in [0.1, 0.15) is 18.7 Å². The van der Waals surface area contributed by atoms with E-state index in [1.54, 1.807) is 0 Å². The van der Waals surface area contributed by atoms with Gasteiger partial charge >= 0.3 is 18.0 Å². The molecule has 1 aromatic heterocycles. The Morgan fingerprint density at radius 1 is 1.48 bits per heavy atom. The molecule has 1 heterocycles. The van der Waals surface area contributed by atoms with E-state index in [0.29, 0.717) is 12.2 Å². The van der Waals surface area contributed by atoms with Crippen LogP contribution in [0.3, 0.4) is 0 Å². The fourth-order valence-corrected chi connectivity index (χ4v) is 1.42. The number of hydrogen-bond donors (Lipinski definition) is 3. The van der Waals surface area contributed by atoms with Crippen molar-refractivity contribution >= 4 is 18.0 Å². The molecule has 0 spiro atoms. The summed E-state index contributed by atoms with van der Waals surface area (Å²) in [7, 11) is 1.20. The molecule has 3 N–H and O–H groups in total. The lowest BCUT2D eigenvalue weighted by atomic mass is 10.1. The maximum absolute atomic E-state index is 11.5. The number of carbonyl (C=O) groups excluding carboxylic acids is 2. The van der Waals surface area contributed by atoms with Crippen LogP contribution in [0.4, 0.5) is 4.79 Å². The summed E-state index contributed by atoms with van der Waals surface area (Å²) < 4.78 is 8.93. The van der Waals surface area contributed by atoms with Gasteiger partial charge in [0.15, 0.2) is 5.82 Å². The summed E-state index contributed by atoms with van der Waals surface area (Å²) in [5.74, 6) is -1.34. The van der Waals surface area contributed by atoms with Crippen LogP contribution >= 0.6 is 0 Å². The molecule has 0 aliphatic carbocycles. The van der Waals surface area contributed by atoms with Gasteiger partial charge in [-0.2, -0.15) is 4.98 Å². The van der Waals surface area contributed by atoms with Crippen LogP contribution in [0.15, 0.2) is 10.9 Å². The third-order valence-corrected chi connectivity index (χ3v) is 2.51. The van der Waals surface area contributed by atoms with Crippen LogP contribution in [-0.4, -0.2) is 52.9 Å². The highest BCUT2D eigenvalue weighted by atomic mass is 16.5. The summed E-state index contributed by atoms with van der Waals surface area (Å²) in [6.45, 7) is 0.217. The SMILES string of the molecule is COC(=O)CC[C@H](NC(=O)NCCc1ncon1)C(=O)O. The third-order valence-electron chi connectivity index (χ3n) is 2.51. The topological polar surface area (TPSA) is 144 Å². The maximum atomic E-state index is 11.5. The number of nitrogens with one attached hydrogen (secondary N) is 2. The number of carboxylic acids is 1. The van der Waals surface area contributed by atoms with Gasteiger partial charge in [0.05, 0.1) is 7.11 Å². The van der Waals surface area contributed by atoms with E-state index in [-0.39, 0.29) is 19.4 Å². The lowest BCUT2D eigenvalue weighted by Crippen LogP contribution is -2.46. The molecular formula is C11H16N4O6. The van der Waals surface area contributed by atoms with Crippen molar-refractivity contribution in [1.29, 1.82) is 0 Å². The molecule has 0 aliphatic heterocycles. The minimum Gasteiger partial charge on any atom is -0.480 e. The standard InChI is InChI=1S/C11H16N4O6/c1-20-9(16)3-2-7(10(17)18)14-11(19)12-5-4-8-13-6-21-15-8/h6-7H,2-5H2,1H3,(H,17,18)(H2,12,14,19)/t7-/m0/s1. The summed E-state index contributed by atoms with van der Waals surface area (Å²) >= 11 is 0. The molecule has 0 aromatic carbocycles. The first kappa shape index (κ1) is 16.4. The number of aliphatic carboxylic acids is 1. The molecule has 0 aliphatic rings. The third kappa shape index (κ3) is 6.36. The van der Waals surface area contributed by atoms with Gasteiger partial charge in [0.25, 0.3) is 0 Å². The van der Waals surface area contributed by atoms with Crippen molar-refractivity contribution in [3.05, 3.63) is 12.2 Å². The Bertz CT molecular complexity index is 475. The van der Waals surface area contributed by atoms with Crippen LogP contribution in [0.25, 0.3) is 0 Å². The Hall–Kier alpha value is -2.65. The number of carbonyl (C=O) groups is 3. The Morgan fingerprint density at radius 2 is 2.24 bits per heavy atom. The number of aromatic nitrogens is 2. The number of amides is 2. The van der Waals surface area contributed by atoms with E-state index in [1.165, 1.54) is 13.5 Å². The zero-order valence-electron chi connectivity index (χ0n) is 11.4. The number of methoxy groups -OCH3 is 1. The number of rotatable bonds is 8. The van der Waals surface area contributed by atoms with Crippen LogP contribution < -0.4 is 10.6 Å². The Kier molecular flexibility index (Phi) is 6.65. The number of urea groups is 1. The van der Waals surface area contributed by atoms with Crippen molar-refractivity contribution in [2.24, 2.45) is 0 Å². The molecule has 10 nitrogen and oxygen atoms in total. The van der Waals surface area contributed by atoms with E-state index in [2.05, 4.69) is 30.0 Å². The first-order valence-electron chi connectivity index (χ1n) is 6.12. The van der Waals surface area contributed by atoms with Crippen LogP contribution in [-0.2, 0) is 20.7 Å². The van der Waals surface area contributed by atoms with Gasteiger partial charge in [-0.15, -0.1) is 0 Å². The number of ether oxygens (including phenoxy) is 1. The number of carboxylic acid groups (broad SMARTS) is 1. The monoisotopic (exact) mass is 300 g/mol. The highest BCUT2D eigenvalue weighted by Crippen LogP contribution is 1.99. The second-order valence-electron chi connectivity index (χ2n) is 4.00. The Morgan fingerprint density at radius 3 is 2.81 bits per heavy atom. The van der Waals surface area contributed by atoms with Crippen molar-refractivity contribution in [1.82, 2.24) is 20.8 Å². The Labute approximate surface area is 119 Å². The minimum atomic E-state index is -1.23. The summed E-state index contributed by atoms with van der Waals surface area (Å²) in [5.41, 5.74) is 0. The molecule has 10 heteroatoms. The van der Waals surface area contributed by atoms with Crippen LogP contribution in [0, 0.1) is 0 Å². The zero-order chi connectivity index (χ0) is 15.7. The molecule has 2 amide bonds. The van der Waals surface area contributed by atoms with Gasteiger partial charge in [0.2, 0.25) is 6.39 Å². The van der Waals surface area contributed by atoms with Gasteiger partial charge in [-0.3, -0.25) is 4.79 Å². The lowest BCUT2D eigenvalue weighted by Gasteiger charge is -2.14. The molecular weight excluding hydrogens is 284 g/mol. The highest BCUT2D eigenvalue weighted by Gasteiger charge is 2.21. The summed E-state index contributed by atoms with van der Waals surface area (Å²) in [6, 6.07) is -1.83. The molecule has 0 saturated carbocycles. The smallest absolute Gasteiger partial charge is 0.326 e. The van der Waals surface area contributed by atoms with Crippen molar-refractivity contribution in [2.45, 2.75) is 25.3 Å². The molecule has 21 heavy (non-hydrogen) atoms. The molecule has 1 rings (SSSR count). The van der Waals surface area contributed by atoms with Crippen molar-refractivity contribution in [3.8, 4) is 0 Å². The molecule has 1 atom stereocenters. The average molecular weight is 300 g/mol. The lowest BCUT2D eigenvalue weighted by molar-refractivity contribution is -0.142. The van der Waals surface area contributed by atoms with Crippen molar-refractivity contribution in [3.63, 3.8) is 0 Å². The van der Waals surface area contributed by atoms with E-state index >= 15 is 0 Å². The molecule has 1 aromatic rings. The van der Waals surface area contributed by atoms with Crippen LogP contribution in [0.5, 0.6) is 0 Å². The van der Waals surface area contributed by atoms with Crippen molar-refractivity contribution in [2.75, 3.05) is 13.7 Å². The zero-order valence-corrected chi connectivity index (χ0v) is 11.4. The minimum absolute atomic E-state index is 0.0553. The molecule has 116 valence electrons. The summed E-state index contributed by atoms with van der Waals surface area (Å²) in [4.78, 5) is 37.2. The van der Waals surface area contributed by atoms with E-state index in [9.17, 15) is 14.4 Å². The number of esters is 1. The van der Waals surface area contributed by atoms with E-state index < -0.39 is 24.0 Å². The highest BCUT2D eigenvalue weighted by molar-refractivity contribution is 5.83. The molecule has 0 fully saturated rings. The number of hydrogen-bond acceptors (Lipinski definition) is 7. The molecule has 0 radical (unpaired) electrons. The Balaban J connectivity index is 2.31. The van der Waals surface area contributed by atoms with E-state index in [4.69, 9.17) is 5.11 Å². The largest absolute Gasteiger partial charge is 0.480 e. The van der Waals surface area contributed by atoms with Gasteiger partial charge in [-0.25, -0.2) is 9.59 Å². The van der Waals surface area contributed by atoms with Crippen LogP contribution in [0.2, 0.25) is 0 Å². The first-order valence-corrected chi connectivity index (χ1v) is 6.12. The van der Waals surface area contributed by atoms with Gasteiger partial charge in [0.1, 0.15) is 6.04 Å². The molecule has 0 bridgehead atoms. The summed E-state index contributed by atoms with van der Waals surface area (Å²) in [5, 5.41) is 17.2. The maximum Gasteiger partial charge on any atom is 0.326 e. The van der Waals surface area contributed by atoms with E-state index in [0.717, 1.165) is 0 Å². The van der Waals surface area contributed by atoms with Gasteiger partial charge in [-0.1, -0.05) is 5.16 Å². The predicted octanol–water partition coefficient (Wildman–Crippen LogP) is -0.682. The average Bonchev–Trinajstić information content (AvgIpc) is 2.95. The molecule has 0 unspecified atom stereocenters. The van der Waals surface area contributed by atoms with Gasteiger partial charge in [-0.05, 0) is 6.42 Å². The quantitative estimate of drug-likeness (QED) is 0.535. The second-order valence-corrected chi connectivity index (χ2v) is 4.00. The predicted molar refractivity (Wildman–Crippen MR) is 67.2 cm³/mol. The molecule has 0 saturated heterocycles. The fraction of sp³-hybridized carbons (Fsp3) is 0.545. The first-order chi connectivity index (χ1) is 10.0. The normalized spacial score (nSPS) is 11.5.